The van der Waals surface area contributed by atoms with Gasteiger partial charge in [-0.2, -0.15) is 0 Å². The monoisotopic (exact) mass is 237 g/mol. The summed E-state index contributed by atoms with van der Waals surface area (Å²) in [6.45, 7) is 3.28. The molecule has 0 aromatic rings. The maximum atomic E-state index is 5.61. The second-order valence-corrected chi connectivity index (χ2v) is 6.46. The quantitative estimate of drug-likeness (QED) is 0.811. The molecule has 1 N–H and O–H groups in total. The van der Waals surface area contributed by atoms with Crippen LogP contribution >= 0.6 is 0 Å². The summed E-state index contributed by atoms with van der Waals surface area (Å²) in [5.41, 5.74) is 0.585. The Balaban J connectivity index is 1.64. The molecule has 1 aliphatic heterocycles. The van der Waals surface area contributed by atoms with Gasteiger partial charge in [0.2, 0.25) is 0 Å². The van der Waals surface area contributed by atoms with E-state index in [1.54, 1.807) is 0 Å². The Bertz CT molecular complexity index is 237. The molecule has 0 spiro atoms. The first kappa shape index (κ1) is 12.0. The fraction of sp³-hybridized carbons (Fsp3) is 1.00. The predicted molar refractivity (Wildman–Crippen MR) is 70.1 cm³/mol. The van der Waals surface area contributed by atoms with Crippen LogP contribution in [0.25, 0.3) is 0 Å². The molecule has 98 valence electrons. The lowest BCUT2D eigenvalue weighted by Crippen LogP contribution is -2.45. The highest BCUT2D eigenvalue weighted by atomic mass is 16.5. The van der Waals surface area contributed by atoms with Crippen molar-refractivity contribution in [3.8, 4) is 0 Å². The van der Waals surface area contributed by atoms with E-state index in [-0.39, 0.29) is 0 Å². The van der Waals surface area contributed by atoms with E-state index in [4.69, 9.17) is 4.74 Å². The average Bonchev–Trinajstić information content (AvgIpc) is 3.23. The lowest BCUT2D eigenvalue weighted by Gasteiger charge is -2.45. The van der Waals surface area contributed by atoms with Gasteiger partial charge in [0.15, 0.2) is 0 Å². The van der Waals surface area contributed by atoms with Gasteiger partial charge in [-0.25, -0.2) is 0 Å². The van der Waals surface area contributed by atoms with Gasteiger partial charge in [0.1, 0.15) is 0 Å². The van der Waals surface area contributed by atoms with Crippen LogP contribution in [0.4, 0.5) is 0 Å². The Morgan fingerprint density at radius 2 is 1.65 bits per heavy atom. The van der Waals surface area contributed by atoms with E-state index in [0.717, 1.165) is 25.2 Å². The number of ether oxygens (including phenoxy) is 1. The molecule has 1 saturated heterocycles. The molecular weight excluding hydrogens is 210 g/mol. The lowest BCUT2D eigenvalue weighted by atomic mass is 9.64. The van der Waals surface area contributed by atoms with Crippen LogP contribution in [0.5, 0.6) is 0 Å². The third-order valence-electron chi connectivity index (χ3n) is 5.28. The smallest absolute Gasteiger partial charge is 0.0471 e. The van der Waals surface area contributed by atoms with Crippen molar-refractivity contribution in [2.24, 2.45) is 11.3 Å². The summed E-state index contributed by atoms with van der Waals surface area (Å²) in [5, 5.41) is 3.81. The zero-order valence-corrected chi connectivity index (χ0v) is 11.0. The van der Waals surface area contributed by atoms with Crippen molar-refractivity contribution < 1.29 is 4.74 Å². The molecule has 0 amide bonds. The number of hydrogen-bond acceptors (Lipinski definition) is 2. The molecule has 2 aliphatic carbocycles. The first-order chi connectivity index (χ1) is 8.39. The van der Waals surface area contributed by atoms with E-state index >= 15 is 0 Å². The van der Waals surface area contributed by atoms with E-state index in [1.807, 2.05) is 0 Å². The molecule has 0 bridgehead atoms. The summed E-state index contributed by atoms with van der Waals surface area (Å²) >= 11 is 0. The van der Waals surface area contributed by atoms with Crippen molar-refractivity contribution in [3.05, 3.63) is 0 Å². The zero-order valence-electron chi connectivity index (χ0n) is 11.0. The highest BCUT2D eigenvalue weighted by Gasteiger charge is 2.41. The molecule has 3 fully saturated rings. The van der Waals surface area contributed by atoms with Crippen molar-refractivity contribution in [1.82, 2.24) is 5.32 Å². The van der Waals surface area contributed by atoms with E-state index in [0.29, 0.717) is 5.41 Å². The van der Waals surface area contributed by atoms with Crippen molar-refractivity contribution in [1.29, 1.82) is 0 Å². The van der Waals surface area contributed by atoms with Crippen molar-refractivity contribution >= 4 is 0 Å². The Kier molecular flexibility index (Phi) is 3.72. The summed E-state index contributed by atoms with van der Waals surface area (Å²) in [7, 11) is 0. The molecule has 0 atom stereocenters. The van der Waals surface area contributed by atoms with E-state index in [2.05, 4.69) is 5.32 Å². The van der Waals surface area contributed by atoms with Gasteiger partial charge in [-0.05, 0) is 49.9 Å². The van der Waals surface area contributed by atoms with Gasteiger partial charge in [-0.3, -0.25) is 0 Å². The minimum absolute atomic E-state index is 0.585. The molecule has 3 aliphatic rings. The highest BCUT2D eigenvalue weighted by Crippen LogP contribution is 2.45. The second kappa shape index (κ2) is 5.27. The topological polar surface area (TPSA) is 21.3 Å². The summed E-state index contributed by atoms with van der Waals surface area (Å²) in [5.74, 6) is 0.978. The molecule has 0 aromatic heterocycles. The van der Waals surface area contributed by atoms with Crippen molar-refractivity contribution in [2.75, 3.05) is 19.8 Å². The fourth-order valence-corrected chi connectivity index (χ4v) is 3.86. The van der Waals surface area contributed by atoms with Gasteiger partial charge in [0.05, 0.1) is 0 Å². The molecule has 0 radical (unpaired) electrons. The standard InChI is InChI=1S/C15H27NO/c1-2-4-13(5-3-1)15(8-10-17-11-9-15)12-16-14-6-7-14/h13-14,16H,1-12H2. The predicted octanol–water partition coefficient (Wildman–Crippen LogP) is 3.12. The average molecular weight is 237 g/mol. The Morgan fingerprint density at radius 3 is 2.29 bits per heavy atom. The molecule has 2 saturated carbocycles. The largest absolute Gasteiger partial charge is 0.381 e. The van der Waals surface area contributed by atoms with Crippen molar-refractivity contribution in [3.63, 3.8) is 0 Å². The van der Waals surface area contributed by atoms with Gasteiger partial charge < -0.3 is 10.1 Å². The van der Waals surface area contributed by atoms with E-state index in [1.165, 1.54) is 64.3 Å². The Labute approximate surface area is 105 Å². The second-order valence-electron chi connectivity index (χ2n) is 6.46. The summed E-state index contributed by atoms with van der Waals surface area (Å²) in [6, 6.07) is 0.860. The first-order valence-electron chi connectivity index (χ1n) is 7.70. The number of rotatable bonds is 4. The summed E-state index contributed by atoms with van der Waals surface area (Å²) < 4.78 is 5.61. The third kappa shape index (κ3) is 2.85. The van der Waals surface area contributed by atoms with E-state index < -0.39 is 0 Å². The van der Waals surface area contributed by atoms with Crippen LogP contribution in [0.15, 0.2) is 0 Å². The van der Waals surface area contributed by atoms with Gasteiger partial charge in [0, 0.05) is 25.8 Å². The van der Waals surface area contributed by atoms with E-state index in [9.17, 15) is 0 Å². The third-order valence-corrected chi connectivity index (χ3v) is 5.28. The van der Waals surface area contributed by atoms with Crippen LogP contribution in [0.2, 0.25) is 0 Å². The summed E-state index contributed by atoms with van der Waals surface area (Å²) in [6.07, 6.45) is 12.8. The van der Waals surface area contributed by atoms with Crippen LogP contribution < -0.4 is 5.32 Å². The molecular formula is C15H27NO. The first-order valence-corrected chi connectivity index (χ1v) is 7.70. The normalized spacial score (nSPS) is 30.4. The van der Waals surface area contributed by atoms with Gasteiger partial charge >= 0.3 is 0 Å². The fourth-order valence-electron chi connectivity index (χ4n) is 3.86. The SMILES string of the molecule is C1CCC(C2(CNC3CC3)CCOCC2)CC1. The molecule has 2 nitrogen and oxygen atoms in total. The zero-order chi connectivity index (χ0) is 11.6. The van der Waals surface area contributed by atoms with Gasteiger partial charge in [0.25, 0.3) is 0 Å². The molecule has 17 heavy (non-hydrogen) atoms. The Morgan fingerprint density at radius 1 is 0.941 bits per heavy atom. The van der Waals surface area contributed by atoms with Gasteiger partial charge in [-0.1, -0.05) is 19.3 Å². The number of hydrogen-bond donors (Lipinski definition) is 1. The minimum atomic E-state index is 0.585. The molecule has 1 heterocycles. The van der Waals surface area contributed by atoms with Crippen LogP contribution in [-0.2, 0) is 4.74 Å². The molecule has 2 heteroatoms. The van der Waals surface area contributed by atoms with Crippen molar-refractivity contribution in [2.45, 2.75) is 63.8 Å². The van der Waals surface area contributed by atoms with Crippen LogP contribution in [0.1, 0.15) is 57.8 Å². The molecule has 0 aromatic carbocycles. The molecule has 0 unspecified atom stereocenters. The number of nitrogens with one attached hydrogen (secondary N) is 1. The minimum Gasteiger partial charge on any atom is -0.381 e. The van der Waals surface area contributed by atoms with Gasteiger partial charge in [-0.15, -0.1) is 0 Å². The van der Waals surface area contributed by atoms with Crippen LogP contribution in [-0.4, -0.2) is 25.8 Å². The summed E-state index contributed by atoms with van der Waals surface area (Å²) in [4.78, 5) is 0. The maximum absolute atomic E-state index is 5.61. The molecule has 3 rings (SSSR count). The lowest BCUT2D eigenvalue weighted by molar-refractivity contribution is -0.0281. The Hall–Kier alpha value is -0.0800. The highest BCUT2D eigenvalue weighted by molar-refractivity contribution is 4.94. The van der Waals surface area contributed by atoms with Crippen LogP contribution in [0.3, 0.4) is 0 Å². The maximum Gasteiger partial charge on any atom is 0.0471 e. The van der Waals surface area contributed by atoms with Crippen LogP contribution in [0, 0.1) is 11.3 Å².